The van der Waals surface area contributed by atoms with Crippen molar-refractivity contribution in [1.82, 2.24) is 4.57 Å². The van der Waals surface area contributed by atoms with Gasteiger partial charge in [0.1, 0.15) is 0 Å². The van der Waals surface area contributed by atoms with Crippen LogP contribution in [0.25, 0.3) is 0 Å². The molecule has 0 spiro atoms. The van der Waals surface area contributed by atoms with Gasteiger partial charge in [0.15, 0.2) is 0 Å². The Kier molecular flexibility index (Phi) is 5.24. The van der Waals surface area contributed by atoms with Gasteiger partial charge in [0.05, 0.1) is 4.47 Å². The van der Waals surface area contributed by atoms with Crippen LogP contribution < -0.4 is 10.9 Å². The summed E-state index contributed by atoms with van der Waals surface area (Å²) in [5.74, 6) is 0. The van der Waals surface area contributed by atoms with E-state index in [4.69, 9.17) is 0 Å². The average molecular weight is 451 g/mol. The van der Waals surface area contributed by atoms with Crippen molar-refractivity contribution < 1.29 is 0 Å². The van der Waals surface area contributed by atoms with Gasteiger partial charge in [0.2, 0.25) is 0 Å². The van der Waals surface area contributed by atoms with Gasteiger partial charge in [-0.1, -0.05) is 15.9 Å². The van der Waals surface area contributed by atoms with E-state index in [2.05, 4.69) is 53.1 Å². The second kappa shape index (κ2) is 6.72. The summed E-state index contributed by atoms with van der Waals surface area (Å²) in [5.41, 5.74) is 1.01. The van der Waals surface area contributed by atoms with Gasteiger partial charge in [0.25, 0.3) is 5.56 Å². The molecule has 0 fully saturated rings. The van der Waals surface area contributed by atoms with Crippen molar-refractivity contribution in [1.29, 1.82) is 0 Å². The lowest BCUT2D eigenvalue weighted by molar-refractivity contribution is 0.692. The maximum Gasteiger partial charge on any atom is 0.264 e. The standard InChI is InChI=1S/C13H11Br3N2O/c14-9-1-3-11(4-2-9)17-5-6-18-8-10(15)7-12(16)13(18)19/h1-4,7-8,17H,5-6H2. The van der Waals surface area contributed by atoms with Gasteiger partial charge in [-0.2, -0.15) is 0 Å². The number of nitrogens with zero attached hydrogens (tertiary/aromatic N) is 1. The predicted molar refractivity (Wildman–Crippen MR) is 88.7 cm³/mol. The minimum atomic E-state index is -0.0270. The molecule has 0 atom stereocenters. The summed E-state index contributed by atoms with van der Waals surface area (Å²) in [6.45, 7) is 1.29. The number of pyridine rings is 1. The van der Waals surface area contributed by atoms with Crippen LogP contribution in [0.2, 0.25) is 0 Å². The molecular formula is C13H11Br3N2O. The highest BCUT2D eigenvalue weighted by Crippen LogP contribution is 2.14. The van der Waals surface area contributed by atoms with Crippen molar-refractivity contribution >= 4 is 53.5 Å². The summed E-state index contributed by atoms with van der Waals surface area (Å²) in [4.78, 5) is 11.9. The van der Waals surface area contributed by atoms with Crippen LogP contribution in [0.1, 0.15) is 0 Å². The highest BCUT2D eigenvalue weighted by Gasteiger charge is 2.02. The number of aromatic nitrogens is 1. The molecule has 1 N–H and O–H groups in total. The van der Waals surface area contributed by atoms with Gasteiger partial charge in [-0.25, -0.2) is 0 Å². The molecule has 0 radical (unpaired) electrons. The molecule has 0 unspecified atom stereocenters. The first-order chi connectivity index (χ1) is 9.06. The van der Waals surface area contributed by atoms with Crippen LogP contribution in [0.5, 0.6) is 0 Å². The monoisotopic (exact) mass is 448 g/mol. The Bertz CT molecular complexity index is 623. The van der Waals surface area contributed by atoms with E-state index < -0.39 is 0 Å². The van der Waals surface area contributed by atoms with Crippen LogP contribution in [0, 0.1) is 0 Å². The van der Waals surface area contributed by atoms with Crippen molar-refractivity contribution in [3.8, 4) is 0 Å². The molecule has 1 heterocycles. The number of hydrogen-bond donors (Lipinski definition) is 1. The van der Waals surface area contributed by atoms with E-state index in [1.807, 2.05) is 24.3 Å². The summed E-state index contributed by atoms with van der Waals surface area (Å²) >= 11 is 10.0. The zero-order valence-electron chi connectivity index (χ0n) is 9.87. The first-order valence-electron chi connectivity index (χ1n) is 5.61. The zero-order chi connectivity index (χ0) is 13.8. The third kappa shape index (κ3) is 4.19. The summed E-state index contributed by atoms with van der Waals surface area (Å²) < 4.78 is 4.15. The van der Waals surface area contributed by atoms with Crippen LogP contribution in [0.4, 0.5) is 5.69 Å². The van der Waals surface area contributed by atoms with Crippen molar-refractivity contribution in [2.75, 3.05) is 11.9 Å². The summed E-state index contributed by atoms with van der Waals surface area (Å²) in [6.07, 6.45) is 1.79. The Morgan fingerprint density at radius 2 is 1.74 bits per heavy atom. The molecule has 19 heavy (non-hydrogen) atoms. The lowest BCUT2D eigenvalue weighted by atomic mass is 10.3. The van der Waals surface area contributed by atoms with Gasteiger partial charge in [-0.15, -0.1) is 0 Å². The Morgan fingerprint density at radius 1 is 1.05 bits per heavy atom. The molecule has 0 aliphatic heterocycles. The molecule has 2 aromatic rings. The Balaban J connectivity index is 2.00. The molecule has 1 aromatic heterocycles. The van der Waals surface area contributed by atoms with Gasteiger partial charge in [-0.3, -0.25) is 4.79 Å². The SMILES string of the molecule is O=c1c(Br)cc(Br)cn1CCNc1ccc(Br)cc1. The van der Waals surface area contributed by atoms with E-state index in [1.165, 1.54) is 0 Å². The normalized spacial score (nSPS) is 10.5. The molecule has 1 aromatic carbocycles. The minimum absolute atomic E-state index is 0.0270. The van der Waals surface area contributed by atoms with Gasteiger partial charge in [0, 0.05) is 33.9 Å². The van der Waals surface area contributed by atoms with Crippen molar-refractivity contribution in [2.45, 2.75) is 6.54 Å². The second-order valence-corrected chi connectivity index (χ2v) is 6.62. The Morgan fingerprint density at radius 3 is 2.42 bits per heavy atom. The smallest absolute Gasteiger partial charge is 0.264 e. The number of benzene rings is 1. The minimum Gasteiger partial charge on any atom is -0.383 e. The Hall–Kier alpha value is -0.590. The molecule has 0 aliphatic carbocycles. The van der Waals surface area contributed by atoms with Gasteiger partial charge >= 0.3 is 0 Å². The van der Waals surface area contributed by atoms with E-state index in [1.54, 1.807) is 16.8 Å². The molecule has 3 nitrogen and oxygen atoms in total. The van der Waals surface area contributed by atoms with E-state index in [0.29, 0.717) is 17.6 Å². The lowest BCUT2D eigenvalue weighted by Crippen LogP contribution is -2.23. The number of halogens is 3. The molecule has 2 rings (SSSR count). The van der Waals surface area contributed by atoms with E-state index >= 15 is 0 Å². The van der Waals surface area contributed by atoms with Crippen LogP contribution in [-0.2, 0) is 6.54 Å². The molecule has 100 valence electrons. The van der Waals surface area contributed by atoms with Gasteiger partial charge < -0.3 is 9.88 Å². The maximum atomic E-state index is 11.9. The largest absolute Gasteiger partial charge is 0.383 e. The van der Waals surface area contributed by atoms with Crippen LogP contribution in [0.15, 0.2) is 54.7 Å². The highest BCUT2D eigenvalue weighted by atomic mass is 79.9. The fourth-order valence-electron chi connectivity index (χ4n) is 1.62. The van der Waals surface area contributed by atoms with Crippen LogP contribution >= 0.6 is 47.8 Å². The topological polar surface area (TPSA) is 34.0 Å². The van der Waals surface area contributed by atoms with E-state index in [-0.39, 0.29) is 5.56 Å². The average Bonchev–Trinajstić information content (AvgIpc) is 2.37. The molecule has 0 amide bonds. The summed E-state index contributed by atoms with van der Waals surface area (Å²) in [5, 5.41) is 3.28. The first-order valence-corrected chi connectivity index (χ1v) is 7.99. The molecule has 0 saturated heterocycles. The second-order valence-electron chi connectivity index (χ2n) is 3.94. The Labute approximate surface area is 136 Å². The molecular weight excluding hydrogens is 440 g/mol. The fourth-order valence-corrected chi connectivity index (χ4v) is 3.14. The highest BCUT2D eigenvalue weighted by molar-refractivity contribution is 9.11. The lowest BCUT2D eigenvalue weighted by Gasteiger charge is -2.09. The third-order valence-corrected chi connectivity index (χ3v) is 4.07. The van der Waals surface area contributed by atoms with Crippen molar-refractivity contribution in [3.05, 3.63) is 60.3 Å². The predicted octanol–water partition coefficient (Wildman–Crippen LogP) is 4.25. The number of nitrogens with one attached hydrogen (secondary N) is 1. The molecule has 0 bridgehead atoms. The quantitative estimate of drug-likeness (QED) is 0.755. The molecule has 0 aliphatic rings. The number of hydrogen-bond acceptors (Lipinski definition) is 2. The molecule has 6 heteroatoms. The summed E-state index contributed by atoms with van der Waals surface area (Å²) in [6, 6.07) is 9.68. The van der Waals surface area contributed by atoms with Gasteiger partial charge in [-0.05, 0) is 62.2 Å². The van der Waals surface area contributed by atoms with Crippen molar-refractivity contribution in [3.63, 3.8) is 0 Å². The number of rotatable bonds is 4. The van der Waals surface area contributed by atoms with E-state index in [9.17, 15) is 4.79 Å². The summed E-state index contributed by atoms with van der Waals surface area (Å²) in [7, 11) is 0. The zero-order valence-corrected chi connectivity index (χ0v) is 14.6. The van der Waals surface area contributed by atoms with Crippen molar-refractivity contribution in [2.24, 2.45) is 0 Å². The van der Waals surface area contributed by atoms with Crippen LogP contribution in [-0.4, -0.2) is 11.1 Å². The van der Waals surface area contributed by atoms with E-state index in [0.717, 1.165) is 14.6 Å². The van der Waals surface area contributed by atoms with Crippen LogP contribution in [0.3, 0.4) is 0 Å². The first kappa shape index (κ1) is 14.8. The fraction of sp³-hybridized carbons (Fsp3) is 0.154. The third-order valence-electron chi connectivity index (χ3n) is 2.54. The maximum absolute atomic E-state index is 11.9. The number of anilines is 1. The molecule has 0 saturated carbocycles.